The van der Waals surface area contributed by atoms with Crippen molar-refractivity contribution in [1.29, 1.82) is 0 Å². The maximum Gasteiger partial charge on any atom is 0.365 e. The van der Waals surface area contributed by atoms with E-state index in [1.165, 1.54) is 83.5 Å². The average Bonchev–Trinajstić information content (AvgIpc) is 2.61. The third-order valence-corrected chi connectivity index (χ3v) is 6.60. The number of hydrogen-bond donors (Lipinski definition) is 1. The van der Waals surface area contributed by atoms with E-state index in [0.29, 0.717) is 4.48 Å². The topological polar surface area (TPSA) is 37.3 Å². The van der Waals surface area contributed by atoms with Gasteiger partial charge in [0.05, 0.1) is 20.6 Å². The van der Waals surface area contributed by atoms with Crippen molar-refractivity contribution in [2.75, 3.05) is 20.6 Å². The van der Waals surface area contributed by atoms with Crippen molar-refractivity contribution in [1.82, 2.24) is 0 Å². The monoisotopic (exact) mass is 370 g/mol. The number of unbranched alkanes of at least 4 members (excludes halogenated alkanes) is 13. The largest absolute Gasteiger partial charge is 0.477 e. The molecule has 0 heterocycles. The van der Waals surface area contributed by atoms with E-state index in [9.17, 15) is 9.90 Å². The molecular weight excluding hydrogens is 322 g/mol. The fourth-order valence-electron chi connectivity index (χ4n) is 3.68. The van der Waals surface area contributed by atoms with Gasteiger partial charge in [-0.15, -0.1) is 0 Å². The molecule has 3 heteroatoms. The summed E-state index contributed by atoms with van der Waals surface area (Å²) in [7, 11) is 4.08. The number of likely N-dealkylation sites (N-methyl/N-ethyl adjacent to an activating group) is 1. The molecule has 0 radical (unpaired) electrons. The lowest BCUT2D eigenvalue weighted by Gasteiger charge is -2.43. The van der Waals surface area contributed by atoms with Gasteiger partial charge in [-0.2, -0.15) is 0 Å². The third-order valence-electron chi connectivity index (χ3n) is 6.60. The van der Waals surface area contributed by atoms with E-state index in [1.54, 1.807) is 0 Å². The summed E-state index contributed by atoms with van der Waals surface area (Å²) in [5.74, 6) is -0.654. The smallest absolute Gasteiger partial charge is 0.365 e. The summed E-state index contributed by atoms with van der Waals surface area (Å²) < 4.78 is 0.556. The van der Waals surface area contributed by atoms with Gasteiger partial charge in [-0.25, -0.2) is 4.79 Å². The summed E-state index contributed by atoms with van der Waals surface area (Å²) >= 11 is 0. The Morgan fingerprint density at radius 2 is 1.08 bits per heavy atom. The van der Waals surface area contributed by atoms with Gasteiger partial charge >= 0.3 is 5.97 Å². The molecule has 0 aromatic carbocycles. The Morgan fingerprint density at radius 3 is 1.38 bits per heavy atom. The first kappa shape index (κ1) is 25.4. The van der Waals surface area contributed by atoms with E-state index in [-0.39, 0.29) is 0 Å². The predicted octanol–water partition coefficient (Wildman–Crippen LogP) is 6.80. The van der Waals surface area contributed by atoms with Gasteiger partial charge < -0.3 is 9.59 Å². The van der Waals surface area contributed by atoms with Crippen LogP contribution in [0, 0.1) is 0 Å². The van der Waals surface area contributed by atoms with Crippen molar-refractivity contribution in [3.05, 3.63) is 0 Å². The van der Waals surface area contributed by atoms with Crippen LogP contribution < -0.4 is 0 Å². The molecule has 1 unspecified atom stereocenters. The second kappa shape index (κ2) is 14.5. The highest BCUT2D eigenvalue weighted by Gasteiger charge is 2.46. The zero-order valence-corrected chi connectivity index (χ0v) is 18.6. The summed E-state index contributed by atoms with van der Waals surface area (Å²) in [6.07, 6.45) is 19.5. The van der Waals surface area contributed by atoms with Crippen LogP contribution in [0.5, 0.6) is 0 Å². The van der Waals surface area contributed by atoms with Crippen LogP contribution in [0.3, 0.4) is 0 Å². The van der Waals surface area contributed by atoms with E-state index in [0.717, 1.165) is 19.4 Å². The average molecular weight is 371 g/mol. The zero-order valence-electron chi connectivity index (χ0n) is 18.6. The number of carboxylic acids is 1. The number of carboxylic acid groups (broad SMARTS) is 1. The van der Waals surface area contributed by atoms with Crippen LogP contribution in [0.25, 0.3) is 0 Å². The minimum absolute atomic E-state index is 0.556. The summed E-state index contributed by atoms with van der Waals surface area (Å²) in [5, 5.41) is 9.69. The maximum absolute atomic E-state index is 11.8. The highest BCUT2D eigenvalue weighted by atomic mass is 16.4. The van der Waals surface area contributed by atoms with E-state index in [1.807, 2.05) is 21.0 Å². The molecular formula is C23H48NO2+. The Morgan fingerprint density at radius 1 is 0.731 bits per heavy atom. The van der Waals surface area contributed by atoms with Crippen LogP contribution in [-0.2, 0) is 4.79 Å². The van der Waals surface area contributed by atoms with E-state index < -0.39 is 11.5 Å². The van der Waals surface area contributed by atoms with Gasteiger partial charge in [0.2, 0.25) is 0 Å². The van der Waals surface area contributed by atoms with E-state index in [4.69, 9.17) is 0 Å². The SMILES string of the molecule is CCCCCCCCCCCCCCCCC(C)(C(=O)O)[N+](C)(C)CC. The van der Waals surface area contributed by atoms with Crippen LogP contribution in [0.15, 0.2) is 0 Å². The van der Waals surface area contributed by atoms with Crippen molar-refractivity contribution in [3.8, 4) is 0 Å². The van der Waals surface area contributed by atoms with E-state index in [2.05, 4.69) is 13.8 Å². The lowest BCUT2D eigenvalue weighted by molar-refractivity contribution is -0.929. The minimum atomic E-state index is -0.661. The lowest BCUT2D eigenvalue weighted by Crippen LogP contribution is -2.62. The molecule has 156 valence electrons. The van der Waals surface area contributed by atoms with Gasteiger partial charge in [-0.1, -0.05) is 90.4 Å². The zero-order chi connectivity index (χ0) is 19.9. The molecule has 0 aliphatic carbocycles. The van der Waals surface area contributed by atoms with Gasteiger partial charge in [-0.3, -0.25) is 0 Å². The van der Waals surface area contributed by atoms with Crippen LogP contribution in [0.4, 0.5) is 0 Å². The molecule has 3 nitrogen and oxygen atoms in total. The molecule has 0 aromatic rings. The van der Waals surface area contributed by atoms with Crippen LogP contribution in [0.1, 0.15) is 117 Å². The molecule has 0 rings (SSSR count). The molecule has 0 saturated heterocycles. The number of nitrogens with zero attached hydrogens (tertiary/aromatic N) is 1. The summed E-state index contributed by atoms with van der Waals surface area (Å²) in [6.45, 7) is 7.12. The maximum atomic E-state index is 11.8. The van der Waals surface area contributed by atoms with Crippen LogP contribution in [-0.4, -0.2) is 41.7 Å². The van der Waals surface area contributed by atoms with Crippen LogP contribution >= 0.6 is 0 Å². The first-order chi connectivity index (χ1) is 12.3. The Labute approximate surface area is 164 Å². The molecule has 26 heavy (non-hydrogen) atoms. The molecule has 1 N–H and O–H groups in total. The van der Waals surface area contributed by atoms with Gasteiger partial charge in [0.1, 0.15) is 0 Å². The molecule has 0 aromatic heterocycles. The first-order valence-corrected chi connectivity index (χ1v) is 11.4. The highest BCUT2D eigenvalue weighted by Crippen LogP contribution is 2.27. The number of quaternary nitrogens is 1. The number of rotatable bonds is 18. The molecule has 0 saturated carbocycles. The first-order valence-electron chi connectivity index (χ1n) is 11.4. The Bertz CT molecular complexity index is 354. The molecule has 0 spiro atoms. The standard InChI is InChI=1S/C23H47NO2/c1-6-8-9-10-11-12-13-14-15-16-17-18-19-20-21-23(3,22(25)26)24(4,5)7-2/h6-21H2,1-5H3/p+1. The number of aliphatic carboxylic acids is 1. The number of carbonyl (C=O) groups is 1. The Kier molecular flexibility index (Phi) is 14.2. The summed E-state index contributed by atoms with van der Waals surface area (Å²) in [5.41, 5.74) is -0.661. The number of hydrogen-bond acceptors (Lipinski definition) is 1. The fraction of sp³-hybridized carbons (Fsp3) is 0.957. The molecule has 0 amide bonds. The highest BCUT2D eigenvalue weighted by molar-refractivity contribution is 5.76. The molecule has 0 bridgehead atoms. The molecule has 0 aliphatic rings. The van der Waals surface area contributed by atoms with Gasteiger partial charge in [0.15, 0.2) is 5.54 Å². The van der Waals surface area contributed by atoms with Gasteiger partial charge in [-0.05, 0) is 13.3 Å². The van der Waals surface area contributed by atoms with Crippen molar-refractivity contribution in [2.45, 2.75) is 123 Å². The quantitative estimate of drug-likeness (QED) is 0.213. The van der Waals surface area contributed by atoms with Crippen molar-refractivity contribution in [2.24, 2.45) is 0 Å². The second-order valence-electron chi connectivity index (χ2n) is 8.93. The fourth-order valence-corrected chi connectivity index (χ4v) is 3.68. The van der Waals surface area contributed by atoms with Gasteiger partial charge in [0.25, 0.3) is 0 Å². The molecule has 0 fully saturated rings. The Balaban J connectivity index is 3.62. The van der Waals surface area contributed by atoms with Crippen molar-refractivity contribution in [3.63, 3.8) is 0 Å². The Hall–Kier alpha value is -0.570. The minimum Gasteiger partial charge on any atom is -0.477 e. The summed E-state index contributed by atoms with van der Waals surface area (Å²) in [4.78, 5) is 11.8. The predicted molar refractivity (Wildman–Crippen MR) is 114 cm³/mol. The molecule has 1 atom stereocenters. The van der Waals surface area contributed by atoms with Crippen LogP contribution in [0.2, 0.25) is 0 Å². The second-order valence-corrected chi connectivity index (χ2v) is 8.93. The lowest BCUT2D eigenvalue weighted by atomic mass is 9.90. The third kappa shape index (κ3) is 9.94. The van der Waals surface area contributed by atoms with E-state index >= 15 is 0 Å². The van der Waals surface area contributed by atoms with Gasteiger partial charge in [0, 0.05) is 13.3 Å². The van der Waals surface area contributed by atoms with Crippen molar-refractivity contribution >= 4 is 5.97 Å². The summed E-state index contributed by atoms with van der Waals surface area (Å²) in [6, 6.07) is 0. The molecule has 0 aliphatic heterocycles. The normalized spacial score (nSPS) is 14.3. The van der Waals surface area contributed by atoms with Crippen molar-refractivity contribution < 1.29 is 14.4 Å².